The maximum absolute atomic E-state index is 15.3. The zero-order valence-corrected chi connectivity index (χ0v) is 24.9. The molecular weight excluding hydrogens is 521 g/mol. The van der Waals surface area contributed by atoms with Crippen molar-refractivity contribution in [3.05, 3.63) is 53.3 Å². The SMILES string of the molecule is COCCCOc1cc(CC(=O)N(C(C)C)[C@@H]2CCCNC2)ccc1-c1cc(C(=O)N2CCCCCC2)ccc1F. The van der Waals surface area contributed by atoms with Crippen molar-refractivity contribution in [2.45, 2.75) is 77.3 Å². The van der Waals surface area contributed by atoms with Crippen LogP contribution in [0.4, 0.5) is 4.39 Å². The molecule has 41 heavy (non-hydrogen) atoms. The number of carbonyl (C=O) groups excluding carboxylic acids is 2. The van der Waals surface area contributed by atoms with Crippen molar-refractivity contribution < 1.29 is 23.5 Å². The Bertz CT molecular complexity index is 1160. The van der Waals surface area contributed by atoms with E-state index in [0.717, 1.165) is 70.3 Å². The summed E-state index contributed by atoms with van der Waals surface area (Å²) in [6.45, 7) is 8.30. The van der Waals surface area contributed by atoms with Crippen LogP contribution in [0.2, 0.25) is 0 Å². The second-order valence-electron chi connectivity index (χ2n) is 11.5. The normalized spacial score (nSPS) is 17.8. The van der Waals surface area contributed by atoms with E-state index < -0.39 is 5.82 Å². The van der Waals surface area contributed by atoms with Crippen LogP contribution >= 0.6 is 0 Å². The van der Waals surface area contributed by atoms with Gasteiger partial charge in [-0.1, -0.05) is 25.0 Å². The van der Waals surface area contributed by atoms with Gasteiger partial charge >= 0.3 is 0 Å². The van der Waals surface area contributed by atoms with E-state index >= 15 is 4.39 Å². The zero-order chi connectivity index (χ0) is 29.2. The monoisotopic (exact) mass is 567 g/mol. The van der Waals surface area contributed by atoms with Crippen LogP contribution in [0.1, 0.15) is 74.7 Å². The highest BCUT2D eigenvalue weighted by molar-refractivity contribution is 5.96. The molecule has 0 unspecified atom stereocenters. The van der Waals surface area contributed by atoms with Crippen LogP contribution in [0.15, 0.2) is 36.4 Å². The van der Waals surface area contributed by atoms with Gasteiger partial charge in [-0.2, -0.15) is 0 Å². The average Bonchev–Trinajstić information content (AvgIpc) is 3.26. The smallest absolute Gasteiger partial charge is 0.253 e. The van der Waals surface area contributed by atoms with E-state index in [4.69, 9.17) is 9.47 Å². The zero-order valence-electron chi connectivity index (χ0n) is 24.9. The van der Waals surface area contributed by atoms with Crippen LogP contribution in [-0.2, 0) is 16.0 Å². The Morgan fingerprint density at radius 3 is 2.49 bits per heavy atom. The fraction of sp³-hybridized carbons (Fsp3) is 0.576. The number of halogens is 1. The second-order valence-corrected chi connectivity index (χ2v) is 11.5. The molecule has 2 heterocycles. The Balaban J connectivity index is 1.61. The molecule has 2 saturated heterocycles. The minimum Gasteiger partial charge on any atom is -0.493 e. The second kappa shape index (κ2) is 15.3. The van der Waals surface area contributed by atoms with E-state index in [1.807, 2.05) is 28.0 Å². The van der Waals surface area contributed by atoms with Gasteiger partial charge in [-0.15, -0.1) is 0 Å². The number of ether oxygens (including phenoxy) is 2. The van der Waals surface area contributed by atoms with Crippen molar-refractivity contribution in [3.63, 3.8) is 0 Å². The summed E-state index contributed by atoms with van der Waals surface area (Å²) >= 11 is 0. The molecule has 7 nitrogen and oxygen atoms in total. The molecule has 2 aliphatic rings. The standard InChI is InChI=1S/C33H46FN3O4/c1-24(2)37(27-10-8-15-35-23-27)32(38)21-25-11-13-28(31(20-25)41-19-9-18-40-3)29-22-26(12-14-30(29)34)33(39)36-16-6-4-5-7-17-36/h11-14,20,22,24,27,35H,4-10,15-19,21,23H2,1-3H3/t27-/m1/s1. The fourth-order valence-electron chi connectivity index (χ4n) is 5.98. The third-order valence-electron chi connectivity index (χ3n) is 8.06. The molecular formula is C33H46FN3O4. The molecule has 0 radical (unpaired) electrons. The van der Waals surface area contributed by atoms with Crippen molar-refractivity contribution >= 4 is 11.8 Å². The summed E-state index contributed by atoms with van der Waals surface area (Å²) in [5.41, 5.74) is 2.18. The fourth-order valence-corrected chi connectivity index (χ4v) is 5.98. The molecule has 0 aliphatic carbocycles. The van der Waals surface area contributed by atoms with E-state index in [0.29, 0.717) is 42.1 Å². The van der Waals surface area contributed by atoms with Crippen molar-refractivity contribution in [1.82, 2.24) is 15.1 Å². The van der Waals surface area contributed by atoms with E-state index in [2.05, 4.69) is 19.2 Å². The lowest BCUT2D eigenvalue weighted by molar-refractivity contribution is -0.135. The largest absolute Gasteiger partial charge is 0.493 e. The van der Waals surface area contributed by atoms with Crippen LogP contribution in [0.3, 0.4) is 0 Å². The van der Waals surface area contributed by atoms with Crippen molar-refractivity contribution in [3.8, 4) is 16.9 Å². The number of amides is 2. The van der Waals surface area contributed by atoms with Gasteiger partial charge in [0.25, 0.3) is 5.91 Å². The first kappa shape index (κ1) is 31.0. The molecule has 0 saturated carbocycles. The summed E-state index contributed by atoms with van der Waals surface area (Å²) in [6, 6.07) is 10.4. The first-order valence-corrected chi connectivity index (χ1v) is 15.2. The molecule has 2 aliphatic heterocycles. The molecule has 2 fully saturated rings. The molecule has 0 bridgehead atoms. The molecule has 224 valence electrons. The highest BCUT2D eigenvalue weighted by atomic mass is 19.1. The summed E-state index contributed by atoms with van der Waals surface area (Å²) in [5, 5.41) is 3.41. The summed E-state index contributed by atoms with van der Waals surface area (Å²) < 4.78 is 26.6. The maximum atomic E-state index is 15.3. The summed E-state index contributed by atoms with van der Waals surface area (Å²) in [5.74, 6) is 0.0887. The van der Waals surface area contributed by atoms with Gasteiger partial charge in [0.1, 0.15) is 11.6 Å². The predicted octanol–water partition coefficient (Wildman–Crippen LogP) is 5.46. The predicted molar refractivity (Wildman–Crippen MR) is 160 cm³/mol. The molecule has 2 aromatic carbocycles. The summed E-state index contributed by atoms with van der Waals surface area (Å²) in [4.78, 5) is 30.7. The van der Waals surface area contributed by atoms with Crippen molar-refractivity contribution in [2.24, 2.45) is 0 Å². The lowest BCUT2D eigenvalue weighted by atomic mass is 9.97. The van der Waals surface area contributed by atoms with Crippen molar-refractivity contribution in [2.75, 3.05) is 46.5 Å². The van der Waals surface area contributed by atoms with Gasteiger partial charge in [-0.3, -0.25) is 9.59 Å². The molecule has 4 rings (SSSR count). The van der Waals surface area contributed by atoms with Crippen LogP contribution in [0, 0.1) is 5.82 Å². The maximum Gasteiger partial charge on any atom is 0.253 e. The number of carbonyl (C=O) groups is 2. The quantitative estimate of drug-likeness (QED) is 0.366. The topological polar surface area (TPSA) is 71.1 Å². The Labute approximate surface area is 244 Å². The van der Waals surface area contributed by atoms with Gasteiger partial charge in [0.2, 0.25) is 5.91 Å². The average molecular weight is 568 g/mol. The number of methoxy groups -OCH3 is 1. The Morgan fingerprint density at radius 1 is 1.02 bits per heavy atom. The summed E-state index contributed by atoms with van der Waals surface area (Å²) in [7, 11) is 1.64. The van der Waals surface area contributed by atoms with E-state index in [9.17, 15) is 9.59 Å². The van der Waals surface area contributed by atoms with Gasteiger partial charge in [-0.05, 0) is 75.9 Å². The number of hydrogen-bond acceptors (Lipinski definition) is 5. The van der Waals surface area contributed by atoms with E-state index in [1.165, 1.54) is 6.07 Å². The van der Waals surface area contributed by atoms with E-state index in [-0.39, 0.29) is 30.3 Å². The number of nitrogens with one attached hydrogen (secondary N) is 1. The number of rotatable bonds is 11. The molecule has 8 heteroatoms. The molecule has 1 atom stereocenters. The minimum absolute atomic E-state index is 0.0658. The van der Waals surface area contributed by atoms with Gasteiger partial charge in [0.15, 0.2) is 0 Å². The van der Waals surface area contributed by atoms with Gasteiger partial charge in [-0.25, -0.2) is 4.39 Å². The van der Waals surface area contributed by atoms with Crippen LogP contribution in [-0.4, -0.2) is 80.2 Å². The summed E-state index contributed by atoms with van der Waals surface area (Å²) in [6.07, 6.45) is 7.20. The van der Waals surface area contributed by atoms with Crippen LogP contribution in [0.5, 0.6) is 5.75 Å². The molecule has 1 N–H and O–H groups in total. The first-order valence-electron chi connectivity index (χ1n) is 15.2. The number of benzene rings is 2. The molecule has 2 aromatic rings. The molecule has 2 amide bonds. The van der Waals surface area contributed by atoms with Gasteiger partial charge in [0.05, 0.1) is 13.0 Å². The van der Waals surface area contributed by atoms with Gasteiger partial charge < -0.3 is 24.6 Å². The lowest BCUT2D eigenvalue weighted by Crippen LogP contribution is -2.52. The van der Waals surface area contributed by atoms with Crippen LogP contribution in [0.25, 0.3) is 11.1 Å². The van der Waals surface area contributed by atoms with Crippen molar-refractivity contribution in [1.29, 1.82) is 0 Å². The number of nitrogens with zero attached hydrogens (tertiary/aromatic N) is 2. The third-order valence-corrected chi connectivity index (χ3v) is 8.06. The Morgan fingerprint density at radius 2 is 1.80 bits per heavy atom. The van der Waals surface area contributed by atoms with Gasteiger partial charge in [0, 0.05) is 68.5 Å². The highest BCUT2D eigenvalue weighted by Crippen LogP contribution is 2.34. The molecule has 0 spiro atoms. The number of likely N-dealkylation sites (tertiary alicyclic amines) is 1. The lowest BCUT2D eigenvalue weighted by Gasteiger charge is -2.37. The molecule has 0 aromatic heterocycles. The third kappa shape index (κ3) is 8.29. The number of piperidine rings is 1. The van der Waals surface area contributed by atoms with E-state index in [1.54, 1.807) is 19.2 Å². The Kier molecular flexibility index (Phi) is 11.6. The minimum atomic E-state index is -0.418. The first-order chi connectivity index (χ1) is 19.9. The van der Waals surface area contributed by atoms with Crippen LogP contribution < -0.4 is 10.1 Å². The number of hydrogen-bond donors (Lipinski definition) is 1. The Hall–Kier alpha value is -2.97. The highest BCUT2D eigenvalue weighted by Gasteiger charge is 2.28.